The van der Waals surface area contributed by atoms with Crippen molar-refractivity contribution in [3.05, 3.63) is 11.8 Å². The highest BCUT2D eigenvalue weighted by Crippen LogP contribution is 2.40. The van der Waals surface area contributed by atoms with Gasteiger partial charge in [-0.3, -0.25) is 0 Å². The van der Waals surface area contributed by atoms with E-state index in [0.717, 1.165) is 11.7 Å². The number of nitrogens with zero attached hydrogens (tertiary/aromatic N) is 2. The quantitative estimate of drug-likeness (QED) is 0.806. The van der Waals surface area contributed by atoms with E-state index in [1.165, 1.54) is 50.6 Å². The van der Waals surface area contributed by atoms with E-state index >= 15 is 0 Å². The van der Waals surface area contributed by atoms with Crippen LogP contribution in [0.5, 0.6) is 0 Å². The summed E-state index contributed by atoms with van der Waals surface area (Å²) in [6.45, 7) is 0. The molecule has 2 aliphatic carbocycles. The number of nitrogen functional groups attached to an aromatic ring is 1. The summed E-state index contributed by atoms with van der Waals surface area (Å²) in [6, 6.07) is 2.66. The number of aromatic nitrogens is 2. The zero-order valence-electron chi connectivity index (χ0n) is 9.15. The first kappa shape index (κ1) is 9.25. The Labute approximate surface area is 90.7 Å². The molecule has 0 aliphatic heterocycles. The van der Waals surface area contributed by atoms with E-state index in [1.54, 1.807) is 0 Å². The van der Waals surface area contributed by atoms with Crippen LogP contribution in [-0.4, -0.2) is 9.78 Å². The first-order chi connectivity index (χ1) is 7.34. The molecule has 0 atom stereocenters. The summed E-state index contributed by atoms with van der Waals surface area (Å²) in [7, 11) is 0. The fraction of sp³-hybridized carbons (Fsp3) is 0.750. The van der Waals surface area contributed by atoms with E-state index in [2.05, 4.69) is 15.8 Å². The van der Waals surface area contributed by atoms with Gasteiger partial charge in [0.15, 0.2) is 0 Å². The van der Waals surface area contributed by atoms with Crippen LogP contribution >= 0.6 is 0 Å². The molecular formula is C12H19N3. The van der Waals surface area contributed by atoms with Crippen LogP contribution in [0.4, 0.5) is 5.82 Å². The summed E-state index contributed by atoms with van der Waals surface area (Å²) >= 11 is 0. The fourth-order valence-electron chi connectivity index (χ4n) is 2.63. The van der Waals surface area contributed by atoms with Crippen molar-refractivity contribution in [1.82, 2.24) is 9.78 Å². The largest absolute Gasteiger partial charge is 0.384 e. The van der Waals surface area contributed by atoms with Crippen molar-refractivity contribution < 1.29 is 0 Å². The minimum atomic E-state index is 0.575. The lowest BCUT2D eigenvalue weighted by Gasteiger charge is -2.22. The maximum atomic E-state index is 6.04. The molecule has 2 saturated carbocycles. The van der Waals surface area contributed by atoms with Crippen LogP contribution in [0.1, 0.15) is 62.6 Å². The van der Waals surface area contributed by atoms with E-state index in [9.17, 15) is 0 Å². The van der Waals surface area contributed by atoms with E-state index in [0.29, 0.717) is 6.04 Å². The Kier molecular flexibility index (Phi) is 2.19. The van der Waals surface area contributed by atoms with Crippen LogP contribution in [0.3, 0.4) is 0 Å². The number of anilines is 1. The van der Waals surface area contributed by atoms with Crippen molar-refractivity contribution in [2.24, 2.45) is 0 Å². The van der Waals surface area contributed by atoms with E-state index in [-0.39, 0.29) is 0 Å². The zero-order valence-corrected chi connectivity index (χ0v) is 9.15. The van der Waals surface area contributed by atoms with Crippen LogP contribution in [0, 0.1) is 0 Å². The molecule has 82 valence electrons. The van der Waals surface area contributed by atoms with Crippen molar-refractivity contribution in [3.63, 3.8) is 0 Å². The Balaban J connectivity index is 1.82. The predicted octanol–water partition coefficient (Wildman–Crippen LogP) is 2.85. The Morgan fingerprint density at radius 3 is 2.53 bits per heavy atom. The second kappa shape index (κ2) is 3.54. The molecule has 2 N–H and O–H groups in total. The number of nitrogens with two attached hydrogens (primary N) is 1. The third kappa shape index (κ3) is 1.75. The van der Waals surface area contributed by atoms with Crippen molar-refractivity contribution in [2.45, 2.75) is 56.9 Å². The van der Waals surface area contributed by atoms with Crippen LogP contribution in [-0.2, 0) is 0 Å². The molecular weight excluding hydrogens is 186 g/mol. The van der Waals surface area contributed by atoms with Gasteiger partial charge in [-0.05, 0) is 25.7 Å². The van der Waals surface area contributed by atoms with Crippen LogP contribution in [0.25, 0.3) is 0 Å². The molecule has 0 bridgehead atoms. The lowest BCUT2D eigenvalue weighted by Crippen LogP contribution is -2.16. The van der Waals surface area contributed by atoms with Crippen molar-refractivity contribution in [1.29, 1.82) is 0 Å². The highest BCUT2D eigenvalue weighted by Gasteiger charge is 2.28. The highest BCUT2D eigenvalue weighted by molar-refractivity contribution is 5.34. The van der Waals surface area contributed by atoms with Gasteiger partial charge in [0, 0.05) is 12.0 Å². The fourth-order valence-corrected chi connectivity index (χ4v) is 2.63. The summed E-state index contributed by atoms with van der Waals surface area (Å²) < 4.78 is 2.09. The number of hydrogen-bond acceptors (Lipinski definition) is 2. The maximum Gasteiger partial charge on any atom is 0.122 e. The molecule has 3 heteroatoms. The molecule has 2 aliphatic rings. The third-order valence-electron chi connectivity index (χ3n) is 3.70. The minimum Gasteiger partial charge on any atom is -0.384 e. The monoisotopic (exact) mass is 205 g/mol. The van der Waals surface area contributed by atoms with Gasteiger partial charge < -0.3 is 5.73 Å². The lowest BCUT2D eigenvalue weighted by atomic mass is 9.96. The molecule has 0 amide bonds. The second-order valence-electron chi connectivity index (χ2n) is 5.00. The number of rotatable bonds is 2. The summed E-state index contributed by atoms with van der Waals surface area (Å²) in [6.07, 6.45) is 9.19. The first-order valence-corrected chi connectivity index (χ1v) is 6.19. The van der Waals surface area contributed by atoms with Crippen molar-refractivity contribution in [2.75, 3.05) is 5.73 Å². The van der Waals surface area contributed by atoms with Crippen LogP contribution in [0.15, 0.2) is 6.07 Å². The van der Waals surface area contributed by atoms with Crippen LogP contribution in [0.2, 0.25) is 0 Å². The molecule has 0 aromatic carbocycles. The SMILES string of the molecule is Nc1cc(C2CC2)nn1C1CCCCC1. The molecule has 1 aromatic heterocycles. The molecule has 0 radical (unpaired) electrons. The summed E-state index contributed by atoms with van der Waals surface area (Å²) in [5, 5.41) is 4.69. The van der Waals surface area contributed by atoms with Gasteiger partial charge in [-0.25, -0.2) is 4.68 Å². The molecule has 0 unspecified atom stereocenters. The lowest BCUT2D eigenvalue weighted by molar-refractivity contribution is 0.332. The molecule has 0 saturated heterocycles. The topological polar surface area (TPSA) is 43.8 Å². The van der Waals surface area contributed by atoms with Gasteiger partial charge in [-0.2, -0.15) is 5.10 Å². The molecule has 3 rings (SSSR count). The average molecular weight is 205 g/mol. The Morgan fingerprint density at radius 2 is 1.87 bits per heavy atom. The van der Waals surface area contributed by atoms with E-state index in [1.807, 2.05) is 0 Å². The Morgan fingerprint density at radius 1 is 1.13 bits per heavy atom. The average Bonchev–Trinajstić information content (AvgIpc) is 3.04. The standard InChI is InChI=1S/C12H19N3/c13-12-8-11(9-6-7-9)14-15(12)10-4-2-1-3-5-10/h8-10H,1-7,13H2. The summed E-state index contributed by atoms with van der Waals surface area (Å²) in [5.74, 6) is 1.60. The molecule has 1 heterocycles. The van der Waals surface area contributed by atoms with Gasteiger partial charge in [0.1, 0.15) is 5.82 Å². The van der Waals surface area contributed by atoms with Gasteiger partial charge in [0.2, 0.25) is 0 Å². The van der Waals surface area contributed by atoms with Gasteiger partial charge in [-0.15, -0.1) is 0 Å². The Hall–Kier alpha value is -0.990. The molecule has 15 heavy (non-hydrogen) atoms. The van der Waals surface area contributed by atoms with Crippen molar-refractivity contribution in [3.8, 4) is 0 Å². The van der Waals surface area contributed by atoms with Gasteiger partial charge in [-0.1, -0.05) is 19.3 Å². The number of hydrogen-bond donors (Lipinski definition) is 1. The predicted molar refractivity (Wildman–Crippen MR) is 60.7 cm³/mol. The smallest absolute Gasteiger partial charge is 0.122 e. The van der Waals surface area contributed by atoms with Crippen LogP contribution < -0.4 is 5.73 Å². The second-order valence-corrected chi connectivity index (χ2v) is 5.00. The molecule has 3 nitrogen and oxygen atoms in total. The van der Waals surface area contributed by atoms with E-state index < -0.39 is 0 Å². The van der Waals surface area contributed by atoms with Gasteiger partial charge in [0.05, 0.1) is 11.7 Å². The summed E-state index contributed by atoms with van der Waals surface area (Å²) in [5.41, 5.74) is 7.27. The summed E-state index contributed by atoms with van der Waals surface area (Å²) in [4.78, 5) is 0. The molecule has 0 spiro atoms. The maximum absolute atomic E-state index is 6.04. The first-order valence-electron chi connectivity index (χ1n) is 6.19. The van der Waals surface area contributed by atoms with Gasteiger partial charge in [0.25, 0.3) is 0 Å². The highest BCUT2D eigenvalue weighted by atomic mass is 15.3. The third-order valence-corrected chi connectivity index (χ3v) is 3.70. The van der Waals surface area contributed by atoms with E-state index in [4.69, 9.17) is 5.73 Å². The molecule has 2 fully saturated rings. The van der Waals surface area contributed by atoms with Gasteiger partial charge >= 0.3 is 0 Å². The molecule has 1 aromatic rings. The van der Waals surface area contributed by atoms with Crippen molar-refractivity contribution >= 4 is 5.82 Å². The Bertz CT molecular complexity index is 346. The minimum absolute atomic E-state index is 0.575. The zero-order chi connectivity index (χ0) is 10.3. The normalized spacial score (nSPS) is 23.2.